The lowest BCUT2D eigenvalue weighted by Gasteiger charge is -2.13. The van der Waals surface area contributed by atoms with Gasteiger partial charge in [-0.2, -0.15) is 11.3 Å². The van der Waals surface area contributed by atoms with E-state index in [1.165, 1.54) is 30.5 Å². The van der Waals surface area contributed by atoms with Gasteiger partial charge in [-0.3, -0.25) is 0 Å². The van der Waals surface area contributed by atoms with Crippen LogP contribution in [0.4, 0.5) is 11.4 Å². The molecule has 0 fully saturated rings. The van der Waals surface area contributed by atoms with Gasteiger partial charge in [0, 0.05) is 12.2 Å². The molecular weight excluding hydrogens is 310 g/mol. The van der Waals surface area contributed by atoms with Crippen LogP contribution < -0.4 is 15.8 Å². The SMILES string of the molecule is CNS(=O)(=O)c1ccc(NCC(O)c2ccsc2)cc1N. The number of hydrogen-bond donors (Lipinski definition) is 4. The van der Waals surface area contributed by atoms with Crippen molar-refractivity contribution < 1.29 is 13.5 Å². The third kappa shape index (κ3) is 3.73. The molecule has 0 aliphatic heterocycles. The van der Waals surface area contributed by atoms with Gasteiger partial charge in [0.15, 0.2) is 0 Å². The minimum atomic E-state index is -3.56. The predicted octanol–water partition coefficient (Wildman–Crippen LogP) is 1.38. The Morgan fingerprint density at radius 1 is 1.38 bits per heavy atom. The molecule has 2 aromatic rings. The van der Waals surface area contributed by atoms with Crippen LogP contribution in [-0.4, -0.2) is 27.1 Å². The highest BCUT2D eigenvalue weighted by molar-refractivity contribution is 7.89. The summed E-state index contributed by atoms with van der Waals surface area (Å²) in [6, 6.07) is 6.43. The van der Waals surface area contributed by atoms with Gasteiger partial charge in [-0.05, 0) is 47.6 Å². The minimum absolute atomic E-state index is 0.0360. The van der Waals surface area contributed by atoms with E-state index in [0.29, 0.717) is 12.2 Å². The number of thiophene rings is 1. The van der Waals surface area contributed by atoms with Gasteiger partial charge in [0.25, 0.3) is 0 Å². The summed E-state index contributed by atoms with van der Waals surface area (Å²) in [5.74, 6) is 0. The summed E-state index contributed by atoms with van der Waals surface area (Å²) in [6.07, 6.45) is -0.627. The number of anilines is 2. The van der Waals surface area contributed by atoms with Crippen molar-refractivity contribution in [3.05, 3.63) is 40.6 Å². The monoisotopic (exact) mass is 327 g/mol. The van der Waals surface area contributed by atoms with Crippen LogP contribution in [0.15, 0.2) is 39.9 Å². The van der Waals surface area contributed by atoms with Crippen LogP contribution >= 0.6 is 11.3 Å². The second kappa shape index (κ2) is 6.44. The van der Waals surface area contributed by atoms with E-state index in [2.05, 4.69) is 10.0 Å². The molecule has 8 heteroatoms. The van der Waals surface area contributed by atoms with E-state index in [-0.39, 0.29) is 10.6 Å². The molecular formula is C13H17N3O3S2. The first-order valence-corrected chi connectivity index (χ1v) is 8.64. The normalized spacial score (nSPS) is 13.0. The minimum Gasteiger partial charge on any atom is -0.398 e. The van der Waals surface area contributed by atoms with Crippen LogP contribution in [0.25, 0.3) is 0 Å². The average molecular weight is 327 g/mol. The first kappa shape index (κ1) is 15.8. The van der Waals surface area contributed by atoms with Gasteiger partial charge in [-0.1, -0.05) is 0 Å². The summed E-state index contributed by atoms with van der Waals surface area (Å²) < 4.78 is 25.6. The first-order chi connectivity index (χ1) is 9.94. The number of aliphatic hydroxyl groups is 1. The standard InChI is InChI=1S/C13H17N3O3S2/c1-15-21(18,19)13-3-2-10(6-11(13)14)16-7-12(17)9-4-5-20-8-9/h2-6,8,12,15-17H,7,14H2,1H3. The van der Waals surface area contributed by atoms with Crippen LogP contribution in [0, 0.1) is 0 Å². The summed E-state index contributed by atoms with van der Waals surface area (Å²) in [6.45, 7) is 0.314. The summed E-state index contributed by atoms with van der Waals surface area (Å²) in [5.41, 5.74) is 7.41. The zero-order valence-electron chi connectivity index (χ0n) is 11.4. The molecule has 0 aliphatic rings. The number of nitrogens with one attached hydrogen (secondary N) is 2. The van der Waals surface area contributed by atoms with E-state index >= 15 is 0 Å². The van der Waals surface area contributed by atoms with E-state index in [1.807, 2.05) is 16.8 Å². The molecule has 1 aromatic heterocycles. The molecule has 1 aromatic carbocycles. The van der Waals surface area contributed by atoms with E-state index < -0.39 is 16.1 Å². The second-order valence-corrected chi connectivity index (χ2v) is 7.05. The van der Waals surface area contributed by atoms with Gasteiger partial charge in [-0.15, -0.1) is 0 Å². The van der Waals surface area contributed by atoms with Crippen molar-refractivity contribution in [2.45, 2.75) is 11.0 Å². The highest BCUT2D eigenvalue weighted by atomic mass is 32.2. The van der Waals surface area contributed by atoms with E-state index in [1.54, 1.807) is 6.07 Å². The molecule has 0 radical (unpaired) electrons. The van der Waals surface area contributed by atoms with Gasteiger partial charge < -0.3 is 16.2 Å². The number of hydrogen-bond acceptors (Lipinski definition) is 6. The van der Waals surface area contributed by atoms with Crippen molar-refractivity contribution in [3.63, 3.8) is 0 Å². The Kier molecular flexibility index (Phi) is 4.84. The predicted molar refractivity (Wildman–Crippen MR) is 84.9 cm³/mol. The van der Waals surface area contributed by atoms with Crippen molar-refractivity contribution in [3.8, 4) is 0 Å². The van der Waals surface area contributed by atoms with Crippen molar-refractivity contribution in [2.75, 3.05) is 24.6 Å². The van der Waals surface area contributed by atoms with Gasteiger partial charge in [-0.25, -0.2) is 13.1 Å². The largest absolute Gasteiger partial charge is 0.398 e. The molecule has 6 nitrogen and oxygen atoms in total. The van der Waals surface area contributed by atoms with Crippen LogP contribution in [0.5, 0.6) is 0 Å². The Bertz CT molecular complexity index is 699. The van der Waals surface area contributed by atoms with Gasteiger partial charge >= 0.3 is 0 Å². The van der Waals surface area contributed by atoms with Crippen molar-refractivity contribution >= 4 is 32.7 Å². The average Bonchev–Trinajstić information content (AvgIpc) is 2.98. The number of nitrogen functional groups attached to an aromatic ring is 1. The third-order valence-electron chi connectivity index (χ3n) is 3.00. The van der Waals surface area contributed by atoms with Crippen LogP contribution in [0.1, 0.15) is 11.7 Å². The Morgan fingerprint density at radius 3 is 2.71 bits per heavy atom. The lowest BCUT2D eigenvalue weighted by Crippen LogP contribution is -2.20. The maximum atomic E-state index is 11.7. The molecule has 114 valence electrons. The quantitative estimate of drug-likeness (QED) is 0.600. The van der Waals surface area contributed by atoms with Crippen LogP contribution in [-0.2, 0) is 10.0 Å². The molecule has 1 atom stereocenters. The summed E-state index contributed by atoms with van der Waals surface area (Å²) in [7, 11) is -2.23. The zero-order chi connectivity index (χ0) is 15.5. The van der Waals surface area contributed by atoms with Crippen LogP contribution in [0.3, 0.4) is 0 Å². The maximum Gasteiger partial charge on any atom is 0.242 e. The van der Waals surface area contributed by atoms with Crippen LogP contribution in [0.2, 0.25) is 0 Å². The van der Waals surface area contributed by atoms with Crippen molar-refractivity contribution in [1.29, 1.82) is 0 Å². The molecule has 21 heavy (non-hydrogen) atoms. The number of sulfonamides is 1. The number of benzene rings is 1. The highest BCUT2D eigenvalue weighted by Gasteiger charge is 2.15. The number of nitrogens with two attached hydrogens (primary N) is 1. The molecule has 0 bridgehead atoms. The third-order valence-corrected chi connectivity index (χ3v) is 5.19. The molecule has 0 saturated heterocycles. The Hall–Kier alpha value is -1.61. The van der Waals surface area contributed by atoms with E-state index in [9.17, 15) is 13.5 Å². The molecule has 0 amide bonds. The molecule has 0 aliphatic carbocycles. The molecule has 0 saturated carbocycles. The molecule has 5 N–H and O–H groups in total. The number of rotatable bonds is 6. The van der Waals surface area contributed by atoms with Crippen molar-refractivity contribution in [2.24, 2.45) is 0 Å². The zero-order valence-corrected chi connectivity index (χ0v) is 13.0. The molecule has 0 spiro atoms. The second-order valence-electron chi connectivity index (χ2n) is 4.41. The fourth-order valence-electron chi connectivity index (χ4n) is 1.81. The smallest absolute Gasteiger partial charge is 0.242 e. The van der Waals surface area contributed by atoms with Gasteiger partial charge in [0.05, 0.1) is 11.8 Å². The van der Waals surface area contributed by atoms with Gasteiger partial charge in [0.1, 0.15) is 4.90 Å². The number of aliphatic hydroxyl groups excluding tert-OH is 1. The Balaban J connectivity index is 2.07. The fourth-order valence-corrected chi connectivity index (χ4v) is 3.35. The topological polar surface area (TPSA) is 104 Å². The lowest BCUT2D eigenvalue weighted by atomic mass is 10.2. The van der Waals surface area contributed by atoms with E-state index in [4.69, 9.17) is 5.73 Å². The summed E-state index contributed by atoms with van der Waals surface area (Å²) >= 11 is 1.52. The van der Waals surface area contributed by atoms with Crippen molar-refractivity contribution in [1.82, 2.24) is 4.72 Å². The Labute approximate surface area is 127 Å². The molecule has 1 unspecified atom stereocenters. The van der Waals surface area contributed by atoms with E-state index in [0.717, 1.165) is 5.56 Å². The maximum absolute atomic E-state index is 11.7. The first-order valence-electron chi connectivity index (χ1n) is 6.21. The fraction of sp³-hybridized carbons (Fsp3) is 0.231. The summed E-state index contributed by atoms with van der Waals surface area (Å²) in [4.78, 5) is 0.0360. The molecule has 2 rings (SSSR count). The molecule has 1 heterocycles. The summed E-state index contributed by atoms with van der Waals surface area (Å²) in [5, 5.41) is 16.8. The Morgan fingerprint density at radius 2 is 2.14 bits per heavy atom. The van der Waals surface area contributed by atoms with Gasteiger partial charge in [0.2, 0.25) is 10.0 Å². The lowest BCUT2D eigenvalue weighted by molar-refractivity contribution is 0.192. The highest BCUT2D eigenvalue weighted by Crippen LogP contribution is 2.23.